The molecule has 194 valence electrons. The van der Waals surface area contributed by atoms with Gasteiger partial charge in [0.1, 0.15) is 5.54 Å². The minimum Gasteiger partial charge on any atom is -0.481 e. The number of aliphatic carboxylic acids is 2. The molecule has 0 saturated heterocycles. The van der Waals surface area contributed by atoms with Gasteiger partial charge in [-0.15, -0.1) is 6.58 Å². The third kappa shape index (κ3) is 5.23. The number of nitrogens with one attached hydrogen (secondary N) is 1. The van der Waals surface area contributed by atoms with Crippen molar-refractivity contribution in [2.45, 2.75) is 51.6 Å². The van der Waals surface area contributed by atoms with Crippen LogP contribution in [0.4, 0.5) is 0 Å². The molecule has 0 aliphatic rings. The highest BCUT2D eigenvalue weighted by atomic mass is 16.4. The molecule has 0 radical (unpaired) electrons. The zero-order valence-corrected chi connectivity index (χ0v) is 22.1. The molecule has 5 nitrogen and oxygen atoms in total. The number of carbonyl (C=O) groups is 2. The summed E-state index contributed by atoms with van der Waals surface area (Å²) < 4.78 is 0. The van der Waals surface area contributed by atoms with E-state index in [2.05, 4.69) is 11.9 Å². The van der Waals surface area contributed by atoms with Crippen LogP contribution in [-0.2, 0) is 15.1 Å². The molecule has 3 N–H and O–H groups in total. The molecule has 0 fully saturated rings. The highest BCUT2D eigenvalue weighted by Crippen LogP contribution is 2.47. The Hall–Kier alpha value is -3.70. The standard InChI is InChI=1S/C32H37NO4/c1-6-22-30(5,27(34)35)23-31(28(36)37,29(2,3)4)33-32(24-16-10-7-11-17-24,25-18-12-8-13-19-25)26-20-14-9-15-21-26/h6-21,33H,1,22-23H2,2-5H3,(H,34,35)(H,36,37)/t30?,31-/m1/s1. The maximum atomic E-state index is 13.5. The molecule has 37 heavy (non-hydrogen) atoms. The van der Waals surface area contributed by atoms with Crippen LogP contribution in [0.1, 0.15) is 57.2 Å². The average Bonchev–Trinajstić information content (AvgIpc) is 2.87. The summed E-state index contributed by atoms with van der Waals surface area (Å²) >= 11 is 0. The molecule has 3 rings (SSSR count). The summed E-state index contributed by atoms with van der Waals surface area (Å²) in [6.45, 7) is 10.9. The Balaban J connectivity index is 2.45. The van der Waals surface area contributed by atoms with Gasteiger partial charge in [0.25, 0.3) is 0 Å². The molecule has 0 spiro atoms. The van der Waals surface area contributed by atoms with E-state index in [-0.39, 0.29) is 12.8 Å². The largest absolute Gasteiger partial charge is 0.481 e. The third-order valence-electron chi connectivity index (χ3n) is 7.43. The van der Waals surface area contributed by atoms with Crippen LogP contribution in [0.5, 0.6) is 0 Å². The van der Waals surface area contributed by atoms with Crippen molar-refractivity contribution in [1.82, 2.24) is 5.32 Å². The molecule has 0 heterocycles. The average molecular weight is 500 g/mol. The summed E-state index contributed by atoms with van der Waals surface area (Å²) in [5.41, 5.74) is -2.46. The molecule has 3 aromatic rings. The lowest BCUT2D eigenvalue weighted by Gasteiger charge is -2.52. The predicted molar refractivity (Wildman–Crippen MR) is 147 cm³/mol. The van der Waals surface area contributed by atoms with Crippen LogP contribution in [0.15, 0.2) is 104 Å². The number of benzene rings is 3. The van der Waals surface area contributed by atoms with Crippen molar-refractivity contribution in [3.8, 4) is 0 Å². The number of rotatable bonds is 11. The van der Waals surface area contributed by atoms with Crippen molar-refractivity contribution in [1.29, 1.82) is 0 Å². The van der Waals surface area contributed by atoms with E-state index in [0.717, 1.165) is 16.7 Å². The molecular weight excluding hydrogens is 462 g/mol. The van der Waals surface area contributed by atoms with Gasteiger partial charge in [0.2, 0.25) is 0 Å². The molecule has 0 amide bonds. The Kier molecular flexibility index (Phi) is 8.09. The number of carboxylic acids is 2. The van der Waals surface area contributed by atoms with Crippen LogP contribution in [0.2, 0.25) is 0 Å². The van der Waals surface area contributed by atoms with E-state index in [1.165, 1.54) is 0 Å². The van der Waals surface area contributed by atoms with E-state index in [9.17, 15) is 19.8 Å². The summed E-state index contributed by atoms with van der Waals surface area (Å²) in [4.78, 5) is 26.0. The summed E-state index contributed by atoms with van der Waals surface area (Å²) in [6.07, 6.45) is 1.51. The Labute approximate surface area is 219 Å². The lowest BCUT2D eigenvalue weighted by molar-refractivity contribution is -0.159. The lowest BCUT2D eigenvalue weighted by Crippen LogP contribution is -2.69. The minimum absolute atomic E-state index is 0.129. The van der Waals surface area contributed by atoms with Gasteiger partial charge in [-0.25, -0.2) is 0 Å². The normalized spacial score (nSPS) is 15.2. The first-order chi connectivity index (χ1) is 17.4. The molecule has 5 heteroatoms. The first-order valence-corrected chi connectivity index (χ1v) is 12.5. The van der Waals surface area contributed by atoms with E-state index < -0.39 is 33.8 Å². The van der Waals surface area contributed by atoms with Gasteiger partial charge in [0.15, 0.2) is 0 Å². The minimum atomic E-state index is -1.66. The maximum Gasteiger partial charge on any atom is 0.324 e. The highest BCUT2D eigenvalue weighted by Gasteiger charge is 2.58. The molecule has 3 aromatic carbocycles. The Morgan fingerprint density at radius 3 is 1.38 bits per heavy atom. The van der Waals surface area contributed by atoms with Crippen LogP contribution in [0.25, 0.3) is 0 Å². The smallest absolute Gasteiger partial charge is 0.324 e. The summed E-state index contributed by atoms with van der Waals surface area (Å²) in [5.74, 6) is -2.17. The van der Waals surface area contributed by atoms with Crippen LogP contribution < -0.4 is 5.32 Å². The number of carboxylic acid groups (broad SMARTS) is 2. The Morgan fingerprint density at radius 2 is 1.11 bits per heavy atom. The monoisotopic (exact) mass is 499 g/mol. The molecule has 2 atom stereocenters. The first kappa shape index (κ1) is 27.9. The zero-order valence-electron chi connectivity index (χ0n) is 22.1. The second kappa shape index (κ2) is 10.7. The van der Waals surface area contributed by atoms with Gasteiger partial charge in [-0.3, -0.25) is 14.9 Å². The van der Waals surface area contributed by atoms with Crippen molar-refractivity contribution in [3.05, 3.63) is 120 Å². The van der Waals surface area contributed by atoms with Crippen LogP contribution >= 0.6 is 0 Å². The lowest BCUT2D eigenvalue weighted by atomic mass is 9.62. The maximum absolute atomic E-state index is 13.5. The van der Waals surface area contributed by atoms with Crippen molar-refractivity contribution in [3.63, 3.8) is 0 Å². The molecule has 0 aliphatic carbocycles. The Bertz CT molecular complexity index is 1120. The van der Waals surface area contributed by atoms with Crippen molar-refractivity contribution < 1.29 is 19.8 Å². The van der Waals surface area contributed by atoms with Gasteiger partial charge >= 0.3 is 11.9 Å². The van der Waals surface area contributed by atoms with Crippen molar-refractivity contribution in [2.24, 2.45) is 10.8 Å². The van der Waals surface area contributed by atoms with E-state index in [1.54, 1.807) is 13.0 Å². The van der Waals surface area contributed by atoms with Gasteiger partial charge in [0.05, 0.1) is 11.0 Å². The van der Waals surface area contributed by atoms with Crippen molar-refractivity contribution >= 4 is 11.9 Å². The predicted octanol–water partition coefficient (Wildman–Crippen LogP) is 6.49. The van der Waals surface area contributed by atoms with E-state index >= 15 is 0 Å². The number of hydrogen-bond acceptors (Lipinski definition) is 3. The SMILES string of the molecule is C=CCC(C)(C[C@@](NC(c1ccccc1)(c1ccccc1)c1ccccc1)(C(=O)O)C(C)(C)C)C(=O)O. The Morgan fingerprint density at radius 1 is 0.730 bits per heavy atom. The van der Waals surface area contributed by atoms with Gasteiger partial charge < -0.3 is 10.2 Å². The van der Waals surface area contributed by atoms with Gasteiger partial charge in [-0.1, -0.05) is 118 Å². The fourth-order valence-electron chi connectivity index (χ4n) is 5.19. The third-order valence-corrected chi connectivity index (χ3v) is 7.43. The topological polar surface area (TPSA) is 86.6 Å². The quantitative estimate of drug-likeness (QED) is 0.207. The molecular formula is C32H37NO4. The second-order valence-electron chi connectivity index (χ2n) is 11.0. The van der Waals surface area contributed by atoms with E-state index in [4.69, 9.17) is 0 Å². The van der Waals surface area contributed by atoms with Crippen LogP contribution in [0.3, 0.4) is 0 Å². The van der Waals surface area contributed by atoms with E-state index in [1.807, 2.05) is 112 Å². The van der Waals surface area contributed by atoms with Gasteiger partial charge in [-0.05, 0) is 41.9 Å². The zero-order chi connectivity index (χ0) is 27.3. The summed E-state index contributed by atoms with van der Waals surface area (Å²) in [6, 6.07) is 29.2. The molecule has 0 aromatic heterocycles. The first-order valence-electron chi connectivity index (χ1n) is 12.5. The molecule has 0 saturated carbocycles. The molecule has 0 aliphatic heterocycles. The number of allylic oxidation sites excluding steroid dienone is 1. The highest BCUT2D eigenvalue weighted by molar-refractivity contribution is 5.83. The summed E-state index contributed by atoms with van der Waals surface area (Å²) in [5, 5.41) is 24.9. The van der Waals surface area contributed by atoms with E-state index in [0.29, 0.717) is 0 Å². The fourth-order valence-corrected chi connectivity index (χ4v) is 5.19. The second-order valence-corrected chi connectivity index (χ2v) is 11.0. The van der Waals surface area contributed by atoms with Gasteiger partial charge in [-0.2, -0.15) is 0 Å². The summed E-state index contributed by atoms with van der Waals surface area (Å²) in [7, 11) is 0. The van der Waals surface area contributed by atoms with Crippen LogP contribution in [0, 0.1) is 10.8 Å². The molecule has 1 unspecified atom stereocenters. The number of hydrogen-bond donors (Lipinski definition) is 3. The van der Waals surface area contributed by atoms with Gasteiger partial charge in [0, 0.05) is 0 Å². The van der Waals surface area contributed by atoms with Crippen molar-refractivity contribution in [2.75, 3.05) is 0 Å². The fraction of sp³-hybridized carbons (Fsp3) is 0.312. The molecule has 0 bridgehead atoms. The van der Waals surface area contributed by atoms with Crippen LogP contribution in [-0.4, -0.2) is 27.7 Å².